The number of esters is 1. The molecule has 1 aromatic heterocycles. The van der Waals surface area contributed by atoms with E-state index in [4.69, 9.17) is 4.74 Å². The number of nitrogens with zero attached hydrogens (tertiary/aromatic N) is 3. The van der Waals surface area contributed by atoms with Crippen LogP contribution in [-0.4, -0.2) is 22.4 Å². The molecule has 1 aromatic carbocycles. The highest BCUT2D eigenvalue weighted by Gasteiger charge is 2.19. The van der Waals surface area contributed by atoms with Gasteiger partial charge in [0.25, 0.3) is 0 Å². The van der Waals surface area contributed by atoms with E-state index >= 15 is 0 Å². The molecule has 6 heteroatoms. The van der Waals surface area contributed by atoms with Crippen molar-refractivity contribution in [2.24, 2.45) is 0 Å². The predicted octanol–water partition coefficient (Wildman–Crippen LogP) is 2.68. The lowest BCUT2D eigenvalue weighted by molar-refractivity contribution is 0.0526. The molecule has 0 amide bonds. The second-order valence-corrected chi connectivity index (χ2v) is 4.54. The normalized spacial score (nSPS) is 9.95. The van der Waals surface area contributed by atoms with Crippen LogP contribution in [0.25, 0.3) is 5.69 Å². The van der Waals surface area contributed by atoms with Crippen LogP contribution in [0.2, 0.25) is 0 Å². The molecule has 96 valence electrons. The minimum absolute atomic E-state index is 0.167. The average molecular weight is 320 g/mol. The molecular formula is C13H10BrN3O2. The van der Waals surface area contributed by atoms with Crippen LogP contribution in [0.15, 0.2) is 34.9 Å². The van der Waals surface area contributed by atoms with Gasteiger partial charge in [-0.2, -0.15) is 10.4 Å². The summed E-state index contributed by atoms with van der Waals surface area (Å²) < 4.78 is 7.23. The first kappa shape index (κ1) is 13.3. The van der Waals surface area contributed by atoms with Gasteiger partial charge in [0.05, 0.1) is 18.5 Å². The van der Waals surface area contributed by atoms with E-state index in [0.717, 1.165) is 4.47 Å². The summed E-state index contributed by atoms with van der Waals surface area (Å²) in [7, 11) is 0. The zero-order valence-electron chi connectivity index (χ0n) is 10.1. The van der Waals surface area contributed by atoms with Crippen LogP contribution in [0.3, 0.4) is 0 Å². The third kappa shape index (κ3) is 2.66. The van der Waals surface area contributed by atoms with Gasteiger partial charge in [0.2, 0.25) is 0 Å². The standard InChI is InChI=1S/C13H10BrN3O2/c1-2-19-13(18)11-8-16-17(12(11)7-15)10-5-3-9(14)4-6-10/h3-6,8H,2H2,1H3. The van der Waals surface area contributed by atoms with Gasteiger partial charge in [0.15, 0.2) is 5.69 Å². The third-order valence-electron chi connectivity index (χ3n) is 2.44. The van der Waals surface area contributed by atoms with Crippen molar-refractivity contribution in [2.45, 2.75) is 6.92 Å². The van der Waals surface area contributed by atoms with Gasteiger partial charge >= 0.3 is 5.97 Å². The Hall–Kier alpha value is -2.13. The number of carbonyl (C=O) groups excluding carboxylic acids is 1. The van der Waals surface area contributed by atoms with Gasteiger partial charge in [-0.1, -0.05) is 15.9 Å². The van der Waals surface area contributed by atoms with Crippen molar-refractivity contribution >= 4 is 21.9 Å². The molecule has 0 saturated heterocycles. The number of ether oxygens (including phenoxy) is 1. The second-order valence-electron chi connectivity index (χ2n) is 3.63. The summed E-state index contributed by atoms with van der Waals surface area (Å²) >= 11 is 3.33. The molecule has 0 spiro atoms. The molecule has 0 atom stereocenters. The van der Waals surface area contributed by atoms with Crippen LogP contribution < -0.4 is 0 Å². The number of hydrogen-bond acceptors (Lipinski definition) is 4. The van der Waals surface area contributed by atoms with E-state index in [1.165, 1.54) is 10.9 Å². The lowest BCUT2D eigenvalue weighted by Crippen LogP contribution is -2.07. The van der Waals surface area contributed by atoms with Gasteiger partial charge in [-0.05, 0) is 31.2 Å². The number of halogens is 1. The number of rotatable bonds is 3. The molecule has 0 N–H and O–H groups in total. The summed E-state index contributed by atoms with van der Waals surface area (Å²) in [6.07, 6.45) is 1.35. The SMILES string of the molecule is CCOC(=O)c1cnn(-c2ccc(Br)cc2)c1C#N. The maximum Gasteiger partial charge on any atom is 0.342 e. The maximum absolute atomic E-state index is 11.7. The topological polar surface area (TPSA) is 67.9 Å². The Morgan fingerprint density at radius 2 is 2.16 bits per heavy atom. The second kappa shape index (κ2) is 5.67. The largest absolute Gasteiger partial charge is 0.462 e. The molecule has 5 nitrogen and oxygen atoms in total. The summed E-state index contributed by atoms with van der Waals surface area (Å²) in [5.41, 5.74) is 1.04. The van der Waals surface area contributed by atoms with Crippen LogP contribution in [0.5, 0.6) is 0 Å². The molecule has 0 aliphatic carbocycles. The van der Waals surface area contributed by atoms with Gasteiger partial charge in [-0.3, -0.25) is 0 Å². The Morgan fingerprint density at radius 3 is 2.74 bits per heavy atom. The summed E-state index contributed by atoms with van der Waals surface area (Å²) in [5, 5.41) is 13.3. The minimum Gasteiger partial charge on any atom is -0.462 e. The smallest absolute Gasteiger partial charge is 0.342 e. The van der Waals surface area contributed by atoms with Crippen molar-refractivity contribution < 1.29 is 9.53 Å². The highest BCUT2D eigenvalue weighted by atomic mass is 79.9. The fourth-order valence-electron chi connectivity index (χ4n) is 1.59. The Bertz CT molecular complexity index is 641. The first-order valence-electron chi connectivity index (χ1n) is 5.58. The van der Waals surface area contributed by atoms with Crippen LogP contribution >= 0.6 is 15.9 Å². The first-order valence-corrected chi connectivity index (χ1v) is 6.38. The van der Waals surface area contributed by atoms with Gasteiger partial charge < -0.3 is 4.74 Å². The van der Waals surface area contributed by atoms with Crippen molar-refractivity contribution in [2.75, 3.05) is 6.61 Å². The molecule has 0 unspecified atom stereocenters. The summed E-state index contributed by atoms with van der Waals surface area (Å²) in [4.78, 5) is 11.7. The molecule has 0 fully saturated rings. The van der Waals surface area contributed by atoms with Crippen molar-refractivity contribution in [1.29, 1.82) is 5.26 Å². The lowest BCUT2D eigenvalue weighted by atomic mass is 10.2. The summed E-state index contributed by atoms with van der Waals surface area (Å²) in [6, 6.07) is 9.25. The van der Waals surface area contributed by atoms with Gasteiger partial charge in [-0.15, -0.1) is 0 Å². The van der Waals surface area contributed by atoms with Crippen LogP contribution in [-0.2, 0) is 4.74 Å². The molecule has 0 bridgehead atoms. The number of benzene rings is 1. The molecule has 0 saturated carbocycles. The van der Waals surface area contributed by atoms with Crippen LogP contribution in [0.1, 0.15) is 23.0 Å². The summed E-state index contributed by atoms with van der Waals surface area (Å²) in [5.74, 6) is -0.539. The number of nitriles is 1. The van der Waals surface area contributed by atoms with Crippen molar-refractivity contribution in [3.05, 3.63) is 46.2 Å². The molecule has 2 rings (SSSR count). The van der Waals surface area contributed by atoms with E-state index in [9.17, 15) is 10.1 Å². The Balaban J connectivity index is 2.46. The number of carbonyl (C=O) groups is 1. The van der Waals surface area contributed by atoms with Crippen molar-refractivity contribution in [3.8, 4) is 11.8 Å². The van der Waals surface area contributed by atoms with Gasteiger partial charge in [0.1, 0.15) is 11.6 Å². The number of hydrogen-bond donors (Lipinski definition) is 0. The maximum atomic E-state index is 11.7. The summed E-state index contributed by atoms with van der Waals surface area (Å²) in [6.45, 7) is 1.97. The Morgan fingerprint density at radius 1 is 1.47 bits per heavy atom. The molecule has 0 radical (unpaired) electrons. The monoisotopic (exact) mass is 319 g/mol. The average Bonchev–Trinajstić information content (AvgIpc) is 2.83. The highest BCUT2D eigenvalue weighted by molar-refractivity contribution is 9.10. The van der Waals surface area contributed by atoms with Crippen LogP contribution in [0, 0.1) is 11.3 Å². The fourth-order valence-corrected chi connectivity index (χ4v) is 1.86. The highest BCUT2D eigenvalue weighted by Crippen LogP contribution is 2.17. The molecular weight excluding hydrogens is 310 g/mol. The molecule has 0 aliphatic heterocycles. The molecule has 19 heavy (non-hydrogen) atoms. The number of aromatic nitrogens is 2. The molecule has 0 aliphatic rings. The fraction of sp³-hybridized carbons (Fsp3) is 0.154. The van der Waals surface area contributed by atoms with Crippen LogP contribution in [0.4, 0.5) is 0 Å². The Kier molecular flexibility index (Phi) is 3.97. The van der Waals surface area contributed by atoms with E-state index in [2.05, 4.69) is 21.0 Å². The quantitative estimate of drug-likeness (QED) is 0.816. The first-order chi connectivity index (χ1) is 9.17. The van der Waals surface area contributed by atoms with Gasteiger partial charge in [-0.25, -0.2) is 9.48 Å². The van der Waals surface area contributed by atoms with E-state index in [1.807, 2.05) is 18.2 Å². The zero-order chi connectivity index (χ0) is 13.8. The molecule has 2 aromatic rings. The minimum atomic E-state index is -0.539. The predicted molar refractivity (Wildman–Crippen MR) is 71.9 cm³/mol. The van der Waals surface area contributed by atoms with Gasteiger partial charge in [0, 0.05) is 4.47 Å². The zero-order valence-corrected chi connectivity index (χ0v) is 11.7. The van der Waals surface area contributed by atoms with E-state index in [1.54, 1.807) is 19.1 Å². The van der Waals surface area contributed by atoms with Crippen molar-refractivity contribution in [1.82, 2.24) is 9.78 Å². The van der Waals surface area contributed by atoms with E-state index in [0.29, 0.717) is 5.69 Å². The van der Waals surface area contributed by atoms with E-state index in [-0.39, 0.29) is 17.9 Å². The van der Waals surface area contributed by atoms with Crippen molar-refractivity contribution in [3.63, 3.8) is 0 Å². The Labute approximate surface area is 118 Å². The molecule has 1 heterocycles. The van der Waals surface area contributed by atoms with E-state index < -0.39 is 5.97 Å². The third-order valence-corrected chi connectivity index (χ3v) is 2.97. The lowest BCUT2D eigenvalue weighted by Gasteiger charge is -2.03.